The van der Waals surface area contributed by atoms with E-state index in [-0.39, 0.29) is 11.6 Å². The average molecular weight is 248 g/mol. The minimum absolute atomic E-state index is 0.253. The highest BCUT2D eigenvalue weighted by Gasteiger charge is 2.15. The molecule has 6 heteroatoms. The zero-order valence-corrected chi connectivity index (χ0v) is 10.0. The molecule has 1 aromatic carbocycles. The van der Waals surface area contributed by atoms with Gasteiger partial charge in [0.25, 0.3) is 5.91 Å². The highest BCUT2D eigenvalue weighted by atomic mass is 32.1. The van der Waals surface area contributed by atoms with Gasteiger partial charge in [-0.25, -0.2) is 4.98 Å². The van der Waals surface area contributed by atoms with Gasteiger partial charge in [0.15, 0.2) is 10.8 Å². The molecule has 17 heavy (non-hydrogen) atoms. The third-order valence-electron chi connectivity index (χ3n) is 2.11. The molecule has 5 nitrogen and oxygen atoms in total. The highest BCUT2D eigenvalue weighted by Crippen LogP contribution is 2.25. The van der Waals surface area contributed by atoms with Crippen LogP contribution in [0.2, 0.25) is 0 Å². The van der Waals surface area contributed by atoms with Crippen molar-refractivity contribution in [3.63, 3.8) is 0 Å². The molecule has 0 aliphatic heterocycles. The number of nitrogen functional groups attached to an aromatic ring is 1. The lowest BCUT2D eigenvalue weighted by Gasteiger charge is -2.02. The summed E-state index contributed by atoms with van der Waals surface area (Å²) >= 11 is 1.25. The average Bonchev–Trinajstić information content (AvgIpc) is 2.72. The number of thiazole rings is 1. The molecule has 0 aliphatic carbocycles. The smallest absolute Gasteiger partial charge is 0.277 e. The molecule has 0 unspecified atom stereocenters. The summed E-state index contributed by atoms with van der Waals surface area (Å²) in [5, 5.41) is 6.62. The molecule has 0 fully saturated rings. The molecule has 2 rings (SSSR count). The van der Waals surface area contributed by atoms with Crippen LogP contribution in [0.3, 0.4) is 0 Å². The summed E-state index contributed by atoms with van der Waals surface area (Å²) in [6.07, 6.45) is 0. The monoisotopic (exact) mass is 248 g/mol. The third-order valence-corrected chi connectivity index (χ3v) is 3.02. The molecule has 0 aliphatic rings. The maximum absolute atomic E-state index is 11.9. The van der Waals surface area contributed by atoms with Crippen molar-refractivity contribution >= 4 is 33.1 Å². The van der Waals surface area contributed by atoms with Gasteiger partial charge in [0.2, 0.25) is 0 Å². The van der Waals surface area contributed by atoms with Crippen LogP contribution in [0, 0.1) is 0 Å². The van der Waals surface area contributed by atoms with Gasteiger partial charge in [0.1, 0.15) is 5.00 Å². The van der Waals surface area contributed by atoms with E-state index in [1.54, 1.807) is 19.2 Å². The molecule has 0 bridgehead atoms. The molecule has 0 atom stereocenters. The molecule has 0 saturated carbocycles. The van der Waals surface area contributed by atoms with Gasteiger partial charge in [-0.1, -0.05) is 29.5 Å². The predicted molar refractivity (Wildman–Crippen MR) is 70.5 cm³/mol. The van der Waals surface area contributed by atoms with Crippen LogP contribution in [0.4, 0.5) is 15.8 Å². The summed E-state index contributed by atoms with van der Waals surface area (Å²) in [6, 6.07) is 9.18. The molecule has 4 N–H and O–H groups in total. The molecule has 0 saturated heterocycles. The minimum Gasteiger partial charge on any atom is -0.389 e. The van der Waals surface area contributed by atoms with Gasteiger partial charge in [0, 0.05) is 12.7 Å². The summed E-state index contributed by atoms with van der Waals surface area (Å²) < 4.78 is 0. The van der Waals surface area contributed by atoms with E-state index in [0.29, 0.717) is 10.1 Å². The Morgan fingerprint density at radius 1 is 1.35 bits per heavy atom. The Bertz CT molecular complexity index is 524. The number of rotatable bonds is 3. The molecule has 1 aromatic heterocycles. The van der Waals surface area contributed by atoms with Crippen molar-refractivity contribution in [2.24, 2.45) is 0 Å². The van der Waals surface area contributed by atoms with Crippen molar-refractivity contribution in [2.45, 2.75) is 0 Å². The summed E-state index contributed by atoms with van der Waals surface area (Å²) in [4.78, 5) is 16.0. The second kappa shape index (κ2) is 4.84. The Morgan fingerprint density at radius 3 is 2.65 bits per heavy atom. The Balaban J connectivity index is 2.17. The van der Waals surface area contributed by atoms with Crippen molar-refractivity contribution in [1.29, 1.82) is 0 Å². The largest absolute Gasteiger partial charge is 0.389 e. The maximum atomic E-state index is 11.9. The van der Waals surface area contributed by atoms with Crippen LogP contribution in [0.1, 0.15) is 10.5 Å². The predicted octanol–water partition coefficient (Wildman–Crippen LogP) is 2.02. The zero-order chi connectivity index (χ0) is 12.3. The van der Waals surface area contributed by atoms with Crippen molar-refractivity contribution in [2.75, 3.05) is 23.4 Å². The van der Waals surface area contributed by atoms with Gasteiger partial charge in [0.05, 0.1) is 0 Å². The molecular formula is C11H12N4OS. The van der Waals surface area contributed by atoms with E-state index < -0.39 is 0 Å². The van der Waals surface area contributed by atoms with Crippen LogP contribution in [0.15, 0.2) is 30.3 Å². The number of para-hydroxylation sites is 1. The van der Waals surface area contributed by atoms with Crippen LogP contribution >= 0.6 is 11.3 Å². The maximum Gasteiger partial charge on any atom is 0.277 e. The summed E-state index contributed by atoms with van der Waals surface area (Å²) in [5.74, 6) is -0.300. The number of anilines is 3. The summed E-state index contributed by atoms with van der Waals surface area (Å²) in [7, 11) is 1.73. The third kappa shape index (κ3) is 2.54. The van der Waals surface area contributed by atoms with E-state index in [2.05, 4.69) is 15.6 Å². The Kier molecular flexibility index (Phi) is 3.24. The number of carbonyl (C=O) groups is 1. The van der Waals surface area contributed by atoms with Crippen molar-refractivity contribution in [3.05, 3.63) is 36.0 Å². The molecular weight excluding hydrogens is 236 g/mol. The first-order valence-corrected chi connectivity index (χ1v) is 5.83. The van der Waals surface area contributed by atoms with Crippen LogP contribution in [0.5, 0.6) is 0 Å². The first kappa shape index (κ1) is 11.4. The number of aromatic nitrogens is 1. The number of nitrogens with two attached hydrogens (primary N) is 1. The van der Waals surface area contributed by atoms with Gasteiger partial charge in [-0.3, -0.25) is 4.79 Å². The van der Waals surface area contributed by atoms with Crippen LogP contribution in [-0.4, -0.2) is 17.9 Å². The fraction of sp³-hybridized carbons (Fsp3) is 0.0909. The second-order valence-corrected chi connectivity index (χ2v) is 4.33. The number of hydrogen-bond donors (Lipinski definition) is 3. The van der Waals surface area contributed by atoms with Crippen molar-refractivity contribution < 1.29 is 4.79 Å². The van der Waals surface area contributed by atoms with E-state index in [1.807, 2.05) is 18.2 Å². The van der Waals surface area contributed by atoms with Crippen molar-refractivity contribution in [3.8, 4) is 0 Å². The first-order chi connectivity index (χ1) is 8.20. The van der Waals surface area contributed by atoms with Gasteiger partial charge in [-0.2, -0.15) is 0 Å². The van der Waals surface area contributed by atoms with Gasteiger partial charge < -0.3 is 16.4 Å². The first-order valence-electron chi connectivity index (χ1n) is 5.01. The quantitative estimate of drug-likeness (QED) is 0.776. The molecule has 1 amide bonds. The lowest BCUT2D eigenvalue weighted by molar-refractivity contribution is 0.102. The molecule has 0 spiro atoms. The van der Waals surface area contributed by atoms with Crippen LogP contribution in [0.25, 0.3) is 0 Å². The number of nitrogens with one attached hydrogen (secondary N) is 2. The Morgan fingerprint density at radius 2 is 2.06 bits per heavy atom. The van der Waals surface area contributed by atoms with E-state index in [4.69, 9.17) is 5.73 Å². The summed E-state index contributed by atoms with van der Waals surface area (Å²) in [6.45, 7) is 0. The second-order valence-electron chi connectivity index (χ2n) is 3.30. The van der Waals surface area contributed by atoms with Crippen LogP contribution in [-0.2, 0) is 0 Å². The minimum atomic E-state index is -0.300. The molecule has 0 radical (unpaired) electrons. The SMILES string of the molecule is CNc1nc(C(=O)Nc2ccccc2)c(N)s1. The summed E-state index contributed by atoms with van der Waals surface area (Å²) in [5.41, 5.74) is 6.70. The van der Waals surface area contributed by atoms with Gasteiger partial charge in [-0.05, 0) is 12.1 Å². The molecule has 2 aromatic rings. The molecule has 1 heterocycles. The van der Waals surface area contributed by atoms with E-state index in [1.165, 1.54) is 11.3 Å². The Hall–Kier alpha value is -2.08. The van der Waals surface area contributed by atoms with Gasteiger partial charge in [-0.15, -0.1) is 0 Å². The molecule has 88 valence electrons. The van der Waals surface area contributed by atoms with E-state index in [0.717, 1.165) is 5.69 Å². The van der Waals surface area contributed by atoms with E-state index >= 15 is 0 Å². The lowest BCUT2D eigenvalue weighted by Crippen LogP contribution is -2.13. The lowest BCUT2D eigenvalue weighted by atomic mass is 10.3. The number of amides is 1. The number of hydrogen-bond acceptors (Lipinski definition) is 5. The fourth-order valence-electron chi connectivity index (χ4n) is 1.31. The number of carbonyl (C=O) groups excluding carboxylic acids is 1. The number of nitrogens with zero attached hydrogens (tertiary/aromatic N) is 1. The van der Waals surface area contributed by atoms with Gasteiger partial charge >= 0.3 is 0 Å². The van der Waals surface area contributed by atoms with Crippen LogP contribution < -0.4 is 16.4 Å². The van der Waals surface area contributed by atoms with E-state index in [9.17, 15) is 4.79 Å². The van der Waals surface area contributed by atoms with Crippen molar-refractivity contribution in [1.82, 2.24) is 4.98 Å². The topological polar surface area (TPSA) is 80.0 Å². The number of benzene rings is 1. The normalized spacial score (nSPS) is 9.94. The standard InChI is InChI=1S/C11H12N4OS/c1-13-11-15-8(9(12)17-11)10(16)14-7-5-3-2-4-6-7/h2-6H,12H2,1H3,(H,13,15)(H,14,16). The Labute approximate surface area is 103 Å². The fourth-order valence-corrected chi connectivity index (χ4v) is 2.00. The zero-order valence-electron chi connectivity index (χ0n) is 9.23. The highest BCUT2D eigenvalue weighted by molar-refractivity contribution is 7.19.